The number of halogens is 1. The summed E-state index contributed by atoms with van der Waals surface area (Å²) in [6.45, 7) is 0. The molecule has 17 heavy (non-hydrogen) atoms. The molecule has 0 saturated heterocycles. The van der Waals surface area contributed by atoms with Crippen LogP contribution in [0.15, 0.2) is 52.7 Å². The summed E-state index contributed by atoms with van der Waals surface area (Å²) in [5.41, 5.74) is 13.8. The molecular weight excluding hydrogens is 236 g/mol. The van der Waals surface area contributed by atoms with Crippen molar-refractivity contribution in [3.8, 4) is 0 Å². The first kappa shape index (κ1) is 11.4. The zero-order valence-corrected chi connectivity index (χ0v) is 9.72. The summed E-state index contributed by atoms with van der Waals surface area (Å²) in [5.74, 6) is 0. The second-order valence-corrected chi connectivity index (χ2v) is 3.90. The quantitative estimate of drug-likeness (QED) is 0.622. The molecule has 0 aromatic heterocycles. The number of hydrogen-bond acceptors (Lipinski definition) is 4. The number of anilines is 2. The van der Waals surface area contributed by atoms with Crippen molar-refractivity contribution in [1.82, 2.24) is 0 Å². The summed E-state index contributed by atoms with van der Waals surface area (Å²) >= 11 is 5.87. The van der Waals surface area contributed by atoms with Crippen molar-refractivity contribution < 1.29 is 0 Å². The van der Waals surface area contributed by atoms with Gasteiger partial charge in [0, 0.05) is 5.69 Å². The molecule has 0 atom stereocenters. The van der Waals surface area contributed by atoms with E-state index in [-0.39, 0.29) is 0 Å². The van der Waals surface area contributed by atoms with Crippen LogP contribution in [0.5, 0.6) is 0 Å². The zero-order chi connectivity index (χ0) is 12.3. The Morgan fingerprint density at radius 3 is 2.06 bits per heavy atom. The van der Waals surface area contributed by atoms with Gasteiger partial charge in [0.25, 0.3) is 0 Å². The number of rotatable bonds is 2. The van der Waals surface area contributed by atoms with Gasteiger partial charge in [-0.25, -0.2) is 0 Å². The largest absolute Gasteiger partial charge is 0.399 e. The molecule has 0 unspecified atom stereocenters. The van der Waals surface area contributed by atoms with Crippen LogP contribution in [0.1, 0.15) is 0 Å². The van der Waals surface area contributed by atoms with Crippen molar-refractivity contribution in [2.75, 3.05) is 11.5 Å². The van der Waals surface area contributed by atoms with Crippen LogP contribution in [0.25, 0.3) is 0 Å². The van der Waals surface area contributed by atoms with Gasteiger partial charge in [-0.1, -0.05) is 11.6 Å². The third-order valence-corrected chi connectivity index (χ3v) is 2.49. The fourth-order valence-corrected chi connectivity index (χ4v) is 1.41. The smallest absolute Gasteiger partial charge is 0.0873 e. The van der Waals surface area contributed by atoms with E-state index in [9.17, 15) is 0 Å². The first-order valence-electron chi connectivity index (χ1n) is 4.97. The van der Waals surface area contributed by atoms with Gasteiger partial charge in [-0.3, -0.25) is 0 Å². The van der Waals surface area contributed by atoms with E-state index < -0.39 is 0 Å². The van der Waals surface area contributed by atoms with Gasteiger partial charge in [0.2, 0.25) is 0 Å². The molecule has 0 radical (unpaired) electrons. The van der Waals surface area contributed by atoms with E-state index in [1.165, 1.54) is 0 Å². The summed E-state index contributed by atoms with van der Waals surface area (Å²) in [5, 5.41) is 8.58. The Hall–Kier alpha value is -2.07. The number of nitrogens with zero attached hydrogens (tertiary/aromatic N) is 2. The Balaban J connectivity index is 2.20. The molecule has 5 heteroatoms. The van der Waals surface area contributed by atoms with Crippen molar-refractivity contribution in [1.29, 1.82) is 0 Å². The molecule has 2 aromatic carbocycles. The normalized spacial score (nSPS) is 10.9. The minimum absolute atomic E-state index is 0.471. The zero-order valence-electron chi connectivity index (χ0n) is 8.97. The predicted octanol–water partition coefficient (Wildman–Crippen LogP) is 3.92. The molecule has 0 aliphatic carbocycles. The Bertz CT molecular complexity index is 549. The number of nitrogen functional groups attached to an aromatic ring is 2. The SMILES string of the molecule is Nc1ccc(/N=N/c2ccc(N)c(Cl)c2)cc1. The number of azo groups is 1. The minimum Gasteiger partial charge on any atom is -0.399 e. The van der Waals surface area contributed by atoms with Gasteiger partial charge in [0.15, 0.2) is 0 Å². The van der Waals surface area contributed by atoms with Gasteiger partial charge in [0.1, 0.15) is 0 Å². The number of benzene rings is 2. The molecule has 4 N–H and O–H groups in total. The molecule has 0 fully saturated rings. The lowest BCUT2D eigenvalue weighted by atomic mass is 10.3. The van der Waals surface area contributed by atoms with Crippen LogP contribution < -0.4 is 11.5 Å². The Kier molecular flexibility index (Phi) is 3.25. The first-order valence-corrected chi connectivity index (χ1v) is 5.35. The van der Waals surface area contributed by atoms with E-state index in [4.69, 9.17) is 23.1 Å². The summed E-state index contributed by atoms with van der Waals surface area (Å²) in [4.78, 5) is 0. The third-order valence-electron chi connectivity index (χ3n) is 2.16. The number of hydrogen-bond donors (Lipinski definition) is 2. The van der Waals surface area contributed by atoms with Gasteiger partial charge < -0.3 is 11.5 Å². The van der Waals surface area contributed by atoms with Gasteiger partial charge in [-0.15, -0.1) is 0 Å². The van der Waals surface area contributed by atoms with E-state index in [0.717, 1.165) is 5.69 Å². The molecule has 0 aliphatic heterocycles. The molecule has 2 aromatic rings. The molecule has 2 rings (SSSR count). The van der Waals surface area contributed by atoms with E-state index in [0.29, 0.717) is 22.1 Å². The monoisotopic (exact) mass is 246 g/mol. The van der Waals surface area contributed by atoms with E-state index in [1.807, 2.05) is 0 Å². The van der Waals surface area contributed by atoms with Crippen LogP contribution in [0.2, 0.25) is 5.02 Å². The highest BCUT2D eigenvalue weighted by atomic mass is 35.5. The molecule has 0 aliphatic rings. The van der Waals surface area contributed by atoms with E-state index >= 15 is 0 Å². The second kappa shape index (κ2) is 4.84. The molecule has 0 saturated carbocycles. The molecular formula is C12H11ClN4. The summed E-state index contributed by atoms with van der Waals surface area (Å²) in [6, 6.07) is 12.2. The lowest BCUT2D eigenvalue weighted by Gasteiger charge is -1.98. The van der Waals surface area contributed by atoms with Crippen molar-refractivity contribution in [2.45, 2.75) is 0 Å². The highest BCUT2D eigenvalue weighted by molar-refractivity contribution is 6.33. The van der Waals surface area contributed by atoms with Gasteiger partial charge in [0.05, 0.1) is 22.1 Å². The lowest BCUT2D eigenvalue weighted by Crippen LogP contribution is -1.83. The van der Waals surface area contributed by atoms with Crippen molar-refractivity contribution in [2.24, 2.45) is 10.2 Å². The van der Waals surface area contributed by atoms with Crippen molar-refractivity contribution >= 4 is 34.4 Å². The molecule has 0 heterocycles. The fraction of sp³-hybridized carbons (Fsp3) is 0. The molecule has 0 bridgehead atoms. The van der Waals surface area contributed by atoms with Crippen molar-refractivity contribution in [3.63, 3.8) is 0 Å². The average Bonchev–Trinajstić information content (AvgIpc) is 2.33. The highest BCUT2D eigenvalue weighted by Gasteiger charge is 1.97. The van der Waals surface area contributed by atoms with E-state index in [2.05, 4.69) is 10.2 Å². The maximum absolute atomic E-state index is 5.87. The third kappa shape index (κ3) is 2.95. The number of nitrogens with two attached hydrogens (primary N) is 2. The van der Waals surface area contributed by atoms with Crippen LogP contribution in [-0.4, -0.2) is 0 Å². The summed E-state index contributed by atoms with van der Waals surface area (Å²) in [7, 11) is 0. The second-order valence-electron chi connectivity index (χ2n) is 3.50. The highest BCUT2D eigenvalue weighted by Crippen LogP contribution is 2.26. The van der Waals surface area contributed by atoms with Crippen LogP contribution in [0.3, 0.4) is 0 Å². The molecule has 0 amide bonds. The van der Waals surface area contributed by atoms with E-state index in [1.54, 1.807) is 42.5 Å². The standard InChI is InChI=1S/C12H11ClN4/c13-11-7-10(5-6-12(11)15)17-16-9-3-1-8(14)2-4-9/h1-7H,14-15H2/b17-16+. The van der Waals surface area contributed by atoms with Gasteiger partial charge >= 0.3 is 0 Å². The maximum Gasteiger partial charge on any atom is 0.0873 e. The first-order chi connectivity index (χ1) is 8.15. The molecule has 86 valence electrons. The van der Waals surface area contributed by atoms with Crippen LogP contribution in [0, 0.1) is 0 Å². The maximum atomic E-state index is 5.87. The predicted molar refractivity (Wildman–Crippen MR) is 70.9 cm³/mol. The van der Waals surface area contributed by atoms with Crippen LogP contribution >= 0.6 is 11.6 Å². The Labute approximate surface area is 104 Å². The van der Waals surface area contributed by atoms with Gasteiger partial charge in [-0.2, -0.15) is 10.2 Å². The minimum atomic E-state index is 0.471. The fourth-order valence-electron chi connectivity index (χ4n) is 1.23. The van der Waals surface area contributed by atoms with Crippen molar-refractivity contribution in [3.05, 3.63) is 47.5 Å². The topological polar surface area (TPSA) is 76.8 Å². The summed E-state index contributed by atoms with van der Waals surface area (Å²) < 4.78 is 0. The summed E-state index contributed by atoms with van der Waals surface area (Å²) in [6.07, 6.45) is 0. The lowest BCUT2D eigenvalue weighted by molar-refractivity contribution is 1.23. The van der Waals surface area contributed by atoms with Crippen LogP contribution in [-0.2, 0) is 0 Å². The van der Waals surface area contributed by atoms with Crippen LogP contribution in [0.4, 0.5) is 22.7 Å². The Morgan fingerprint density at radius 1 is 0.824 bits per heavy atom. The van der Waals surface area contributed by atoms with Gasteiger partial charge in [-0.05, 0) is 42.5 Å². The Morgan fingerprint density at radius 2 is 1.41 bits per heavy atom. The molecule has 0 spiro atoms. The average molecular weight is 247 g/mol. The molecule has 4 nitrogen and oxygen atoms in total.